The smallest absolute Gasteiger partial charge is 0.359 e. The summed E-state index contributed by atoms with van der Waals surface area (Å²) in [6.07, 6.45) is 1.40. The molecule has 33 heavy (non-hydrogen) atoms. The molecule has 0 radical (unpaired) electrons. The molecule has 1 atom stereocenters. The third-order valence-corrected chi connectivity index (χ3v) is 5.81. The molecule has 9 nitrogen and oxygen atoms in total. The van der Waals surface area contributed by atoms with E-state index in [4.69, 9.17) is 4.74 Å². The van der Waals surface area contributed by atoms with Gasteiger partial charge in [0.1, 0.15) is 6.04 Å². The maximum Gasteiger partial charge on any atom is 0.359 e. The van der Waals surface area contributed by atoms with Gasteiger partial charge in [0.2, 0.25) is 5.91 Å². The van der Waals surface area contributed by atoms with Gasteiger partial charge in [-0.15, -0.1) is 0 Å². The van der Waals surface area contributed by atoms with E-state index in [0.29, 0.717) is 5.39 Å². The van der Waals surface area contributed by atoms with E-state index in [1.165, 1.54) is 18.3 Å². The molecule has 3 aromatic rings. The summed E-state index contributed by atoms with van der Waals surface area (Å²) in [6, 6.07) is 14.0. The van der Waals surface area contributed by atoms with Gasteiger partial charge in [-0.2, -0.15) is 0 Å². The Labute approximate surface area is 187 Å². The standard InChI is InChI=1S/C24H17N3O6/c28-19-10-9-18(27-21(29)16-7-3-4-8-17(16)22(27)30)23(31)26(19)13-33-24(32)20-15-6-2-1-5-14(15)11-12-25-20/h1-8,11-12,18H,9-10,13H2. The molecule has 0 aliphatic carbocycles. The number of carbonyl (C=O) groups is 5. The van der Waals surface area contributed by atoms with Gasteiger partial charge in [-0.1, -0.05) is 36.4 Å². The predicted octanol–water partition coefficient (Wildman–Crippen LogP) is 2.16. The number of amides is 4. The second-order valence-electron chi connectivity index (χ2n) is 7.68. The van der Waals surface area contributed by atoms with E-state index >= 15 is 0 Å². The van der Waals surface area contributed by atoms with Crippen molar-refractivity contribution in [2.75, 3.05) is 6.73 Å². The molecule has 2 aliphatic heterocycles. The number of esters is 1. The lowest BCUT2D eigenvalue weighted by Gasteiger charge is -2.33. The molecule has 5 rings (SSSR count). The number of benzene rings is 2. The molecular formula is C24H17N3O6. The van der Waals surface area contributed by atoms with E-state index in [1.54, 1.807) is 30.3 Å². The van der Waals surface area contributed by atoms with E-state index in [1.807, 2.05) is 12.1 Å². The van der Waals surface area contributed by atoms with Crippen molar-refractivity contribution < 1.29 is 28.7 Å². The summed E-state index contributed by atoms with van der Waals surface area (Å²) in [7, 11) is 0. The third kappa shape index (κ3) is 3.34. The molecule has 164 valence electrons. The number of carbonyl (C=O) groups excluding carboxylic acids is 5. The molecule has 1 unspecified atom stereocenters. The minimum absolute atomic E-state index is 0.0124. The second-order valence-corrected chi connectivity index (χ2v) is 7.68. The molecule has 4 amide bonds. The summed E-state index contributed by atoms with van der Waals surface area (Å²) in [5.74, 6) is -3.28. The Balaban J connectivity index is 1.34. The number of hydrogen-bond donors (Lipinski definition) is 0. The zero-order chi connectivity index (χ0) is 23.1. The van der Waals surface area contributed by atoms with Gasteiger partial charge in [0.15, 0.2) is 12.4 Å². The highest BCUT2D eigenvalue weighted by atomic mass is 16.5. The highest BCUT2D eigenvalue weighted by Crippen LogP contribution is 2.29. The first kappa shape index (κ1) is 20.5. The van der Waals surface area contributed by atoms with Crippen LogP contribution in [-0.4, -0.2) is 57.2 Å². The summed E-state index contributed by atoms with van der Waals surface area (Å²) in [4.78, 5) is 69.4. The van der Waals surface area contributed by atoms with Crippen LogP contribution in [0, 0.1) is 0 Å². The molecule has 0 bridgehead atoms. The van der Waals surface area contributed by atoms with Gasteiger partial charge in [-0.05, 0) is 30.0 Å². The van der Waals surface area contributed by atoms with Crippen LogP contribution in [0.4, 0.5) is 0 Å². The predicted molar refractivity (Wildman–Crippen MR) is 114 cm³/mol. The number of nitrogens with zero attached hydrogens (tertiary/aromatic N) is 3. The van der Waals surface area contributed by atoms with E-state index in [0.717, 1.165) is 15.2 Å². The molecule has 3 heterocycles. The van der Waals surface area contributed by atoms with E-state index < -0.39 is 42.4 Å². The fraction of sp³-hybridized carbons (Fsp3) is 0.167. The molecule has 9 heteroatoms. The van der Waals surface area contributed by atoms with Crippen LogP contribution in [-0.2, 0) is 14.3 Å². The van der Waals surface area contributed by atoms with Crippen LogP contribution in [0.25, 0.3) is 10.8 Å². The van der Waals surface area contributed by atoms with Gasteiger partial charge >= 0.3 is 5.97 Å². The van der Waals surface area contributed by atoms with Crippen molar-refractivity contribution in [2.24, 2.45) is 0 Å². The number of ether oxygens (including phenoxy) is 1. The van der Waals surface area contributed by atoms with Crippen LogP contribution in [0.15, 0.2) is 60.8 Å². The zero-order valence-corrected chi connectivity index (χ0v) is 17.3. The Morgan fingerprint density at radius 3 is 2.33 bits per heavy atom. The lowest BCUT2D eigenvalue weighted by molar-refractivity contribution is -0.156. The quantitative estimate of drug-likeness (QED) is 0.448. The molecule has 1 aromatic heterocycles. The van der Waals surface area contributed by atoms with Gasteiger partial charge in [0, 0.05) is 18.0 Å². The molecule has 2 aromatic carbocycles. The van der Waals surface area contributed by atoms with Crippen LogP contribution in [0.5, 0.6) is 0 Å². The maximum atomic E-state index is 13.1. The maximum absolute atomic E-state index is 13.1. The summed E-state index contributed by atoms with van der Waals surface area (Å²) in [5, 5.41) is 1.36. The van der Waals surface area contributed by atoms with E-state index in [9.17, 15) is 24.0 Å². The lowest BCUT2D eigenvalue weighted by Crippen LogP contribution is -2.56. The lowest BCUT2D eigenvalue weighted by atomic mass is 10.0. The van der Waals surface area contributed by atoms with Crippen LogP contribution in [0.3, 0.4) is 0 Å². The Bertz CT molecular complexity index is 1310. The molecule has 0 spiro atoms. The largest absolute Gasteiger partial charge is 0.439 e. The minimum atomic E-state index is -1.15. The van der Waals surface area contributed by atoms with Crippen molar-refractivity contribution in [2.45, 2.75) is 18.9 Å². The van der Waals surface area contributed by atoms with Crippen molar-refractivity contribution >= 4 is 40.4 Å². The monoisotopic (exact) mass is 443 g/mol. The number of likely N-dealkylation sites (tertiary alicyclic amines) is 1. The first-order valence-corrected chi connectivity index (χ1v) is 10.3. The fourth-order valence-corrected chi connectivity index (χ4v) is 4.16. The molecule has 0 saturated carbocycles. The topological polar surface area (TPSA) is 114 Å². The molecule has 0 N–H and O–H groups in total. The van der Waals surface area contributed by atoms with Crippen molar-refractivity contribution in [3.63, 3.8) is 0 Å². The van der Waals surface area contributed by atoms with Crippen LogP contribution in [0.1, 0.15) is 44.0 Å². The van der Waals surface area contributed by atoms with Gasteiger partial charge < -0.3 is 4.74 Å². The second kappa shape index (κ2) is 7.94. The van der Waals surface area contributed by atoms with Crippen molar-refractivity contribution in [1.29, 1.82) is 0 Å². The number of hydrogen-bond acceptors (Lipinski definition) is 7. The fourth-order valence-electron chi connectivity index (χ4n) is 4.16. The number of piperidine rings is 1. The van der Waals surface area contributed by atoms with Crippen LogP contribution >= 0.6 is 0 Å². The van der Waals surface area contributed by atoms with Gasteiger partial charge in [-0.25, -0.2) is 14.7 Å². The highest BCUT2D eigenvalue weighted by Gasteiger charge is 2.47. The van der Waals surface area contributed by atoms with Gasteiger partial charge in [0.25, 0.3) is 17.7 Å². The molecule has 1 fully saturated rings. The van der Waals surface area contributed by atoms with Crippen molar-refractivity contribution in [3.8, 4) is 0 Å². The normalized spacial score (nSPS) is 18.1. The average Bonchev–Trinajstić information content (AvgIpc) is 3.09. The minimum Gasteiger partial charge on any atom is -0.439 e. The molecule has 2 aliphatic rings. The summed E-state index contributed by atoms with van der Waals surface area (Å²) >= 11 is 0. The molecular weight excluding hydrogens is 426 g/mol. The number of aromatic nitrogens is 1. The highest BCUT2D eigenvalue weighted by molar-refractivity contribution is 6.23. The first-order valence-electron chi connectivity index (χ1n) is 10.3. The number of rotatable bonds is 4. The van der Waals surface area contributed by atoms with Crippen molar-refractivity contribution in [3.05, 3.63) is 77.6 Å². The summed E-state index contributed by atoms with van der Waals surface area (Å²) < 4.78 is 5.24. The Kier molecular flexibility index (Phi) is 4.93. The van der Waals surface area contributed by atoms with E-state index in [-0.39, 0.29) is 29.7 Å². The van der Waals surface area contributed by atoms with E-state index in [2.05, 4.69) is 4.98 Å². The summed E-state index contributed by atoms with van der Waals surface area (Å²) in [6.45, 7) is -0.638. The summed E-state index contributed by atoms with van der Waals surface area (Å²) in [5.41, 5.74) is 0.487. The number of pyridine rings is 1. The number of fused-ring (bicyclic) bond motifs is 2. The van der Waals surface area contributed by atoms with Gasteiger partial charge in [-0.3, -0.25) is 24.1 Å². The number of imide groups is 2. The van der Waals surface area contributed by atoms with Gasteiger partial charge in [0.05, 0.1) is 11.1 Å². The third-order valence-electron chi connectivity index (χ3n) is 5.81. The zero-order valence-electron chi connectivity index (χ0n) is 17.3. The SMILES string of the molecule is O=C(OCN1C(=O)CCC(N2C(=O)c3ccccc3C2=O)C1=O)c1nccc2ccccc12. The Morgan fingerprint density at radius 1 is 0.939 bits per heavy atom. The Morgan fingerprint density at radius 2 is 1.61 bits per heavy atom. The Hall–Kier alpha value is -4.40. The van der Waals surface area contributed by atoms with Crippen LogP contribution < -0.4 is 0 Å². The van der Waals surface area contributed by atoms with Crippen molar-refractivity contribution in [1.82, 2.24) is 14.8 Å². The first-order chi connectivity index (χ1) is 16.0. The van der Waals surface area contributed by atoms with Crippen LogP contribution in [0.2, 0.25) is 0 Å². The molecule has 1 saturated heterocycles. The average molecular weight is 443 g/mol.